The summed E-state index contributed by atoms with van der Waals surface area (Å²) in [5, 5.41) is 7.40. The molecule has 0 bridgehead atoms. The quantitative estimate of drug-likeness (QED) is 0.839. The first-order valence-electron chi connectivity index (χ1n) is 10.1. The first-order chi connectivity index (χ1) is 13.6. The number of hydrogen-bond acceptors (Lipinski definition) is 5. The van der Waals surface area contributed by atoms with Crippen LogP contribution in [0.1, 0.15) is 44.1 Å². The second-order valence-electron chi connectivity index (χ2n) is 7.96. The minimum atomic E-state index is -0.506. The molecule has 2 atom stereocenters. The third kappa shape index (κ3) is 4.36. The van der Waals surface area contributed by atoms with Gasteiger partial charge in [0.2, 0.25) is 5.91 Å². The summed E-state index contributed by atoms with van der Waals surface area (Å²) < 4.78 is 24.2. The molecule has 0 aliphatic carbocycles. The van der Waals surface area contributed by atoms with E-state index in [9.17, 15) is 9.18 Å². The van der Waals surface area contributed by atoms with Gasteiger partial charge in [-0.15, -0.1) is 0 Å². The van der Waals surface area contributed by atoms with E-state index in [4.69, 9.17) is 14.3 Å². The highest BCUT2D eigenvalue weighted by molar-refractivity contribution is 6.01. The number of nitrogens with zero attached hydrogens (tertiary/aromatic N) is 1. The van der Waals surface area contributed by atoms with Gasteiger partial charge in [0.1, 0.15) is 11.9 Å². The summed E-state index contributed by atoms with van der Waals surface area (Å²) in [6, 6.07) is 6.34. The van der Waals surface area contributed by atoms with Crippen molar-refractivity contribution in [3.05, 3.63) is 35.6 Å². The van der Waals surface area contributed by atoms with Gasteiger partial charge in [-0.25, -0.2) is 4.39 Å². The molecule has 0 aromatic heterocycles. The molecule has 3 aliphatic heterocycles. The number of oxime groups is 1. The number of halogens is 1. The molecule has 2 fully saturated rings. The first kappa shape index (κ1) is 19.3. The van der Waals surface area contributed by atoms with Crippen molar-refractivity contribution < 1.29 is 23.5 Å². The first-order valence-corrected chi connectivity index (χ1v) is 10.1. The highest BCUT2D eigenvalue weighted by Gasteiger charge is 2.44. The Morgan fingerprint density at radius 1 is 1.18 bits per heavy atom. The van der Waals surface area contributed by atoms with E-state index in [1.165, 1.54) is 12.1 Å². The van der Waals surface area contributed by atoms with Crippen molar-refractivity contribution in [1.29, 1.82) is 0 Å². The summed E-state index contributed by atoms with van der Waals surface area (Å²) in [5.74, 6) is -0.200. The molecule has 2 saturated heterocycles. The van der Waals surface area contributed by atoms with Gasteiger partial charge < -0.3 is 19.6 Å². The number of hydrogen-bond donors (Lipinski definition) is 1. The standard InChI is InChI=1S/C21H27FN2O4/c22-16-5-3-15(4-6-16)19-12-18(28-24-19)13-21(7-10-26-11-8-21)20(25)23-17-2-1-9-27-14-17/h3-6,17-18H,1-2,7-14H2,(H,23,25)/t17-,18+/m1/s1. The predicted octanol–water partition coefficient (Wildman–Crippen LogP) is 2.80. The van der Waals surface area contributed by atoms with E-state index in [1.54, 1.807) is 12.1 Å². The maximum Gasteiger partial charge on any atom is 0.226 e. The van der Waals surface area contributed by atoms with Gasteiger partial charge in [0.05, 0.1) is 23.8 Å². The lowest BCUT2D eigenvalue weighted by molar-refractivity contribution is -0.141. The van der Waals surface area contributed by atoms with Crippen LogP contribution in [0.15, 0.2) is 29.4 Å². The Hall–Kier alpha value is -1.99. The van der Waals surface area contributed by atoms with Crippen LogP contribution in [-0.2, 0) is 19.1 Å². The van der Waals surface area contributed by atoms with Gasteiger partial charge in [-0.05, 0) is 43.4 Å². The zero-order valence-corrected chi connectivity index (χ0v) is 16.0. The molecule has 1 aromatic carbocycles. The van der Waals surface area contributed by atoms with Gasteiger partial charge in [-0.3, -0.25) is 4.79 Å². The Labute approximate surface area is 164 Å². The van der Waals surface area contributed by atoms with Crippen molar-refractivity contribution in [3.8, 4) is 0 Å². The van der Waals surface area contributed by atoms with Gasteiger partial charge in [0.15, 0.2) is 0 Å². The van der Waals surface area contributed by atoms with Crippen molar-refractivity contribution >= 4 is 11.6 Å². The lowest BCUT2D eigenvalue weighted by atomic mass is 9.74. The van der Waals surface area contributed by atoms with Gasteiger partial charge in [-0.1, -0.05) is 17.3 Å². The summed E-state index contributed by atoms with van der Waals surface area (Å²) in [5.41, 5.74) is 1.15. The summed E-state index contributed by atoms with van der Waals surface area (Å²) in [4.78, 5) is 18.9. The van der Waals surface area contributed by atoms with Gasteiger partial charge in [-0.2, -0.15) is 0 Å². The van der Waals surface area contributed by atoms with Gasteiger partial charge >= 0.3 is 0 Å². The third-order valence-corrected chi connectivity index (χ3v) is 5.96. The van der Waals surface area contributed by atoms with Crippen LogP contribution in [0, 0.1) is 11.2 Å². The summed E-state index contributed by atoms with van der Waals surface area (Å²) in [6.45, 7) is 2.50. The fourth-order valence-corrected chi connectivity index (χ4v) is 4.27. The maximum atomic E-state index is 13.2. The lowest BCUT2D eigenvalue weighted by Gasteiger charge is -2.38. The molecule has 1 aromatic rings. The number of carbonyl (C=O) groups excluding carboxylic acids is 1. The molecule has 6 nitrogen and oxygen atoms in total. The number of rotatable bonds is 5. The van der Waals surface area contributed by atoms with E-state index in [0.29, 0.717) is 45.5 Å². The molecule has 3 aliphatic rings. The van der Waals surface area contributed by atoms with E-state index < -0.39 is 5.41 Å². The molecule has 1 amide bonds. The fourth-order valence-electron chi connectivity index (χ4n) is 4.27. The van der Waals surface area contributed by atoms with Crippen LogP contribution >= 0.6 is 0 Å². The van der Waals surface area contributed by atoms with Crippen LogP contribution in [0.3, 0.4) is 0 Å². The molecule has 152 valence electrons. The van der Waals surface area contributed by atoms with Crippen LogP contribution in [0.4, 0.5) is 4.39 Å². The Kier molecular flexibility index (Phi) is 5.92. The highest BCUT2D eigenvalue weighted by atomic mass is 19.1. The number of nitrogens with one attached hydrogen (secondary N) is 1. The van der Waals surface area contributed by atoms with Crippen LogP contribution in [0.25, 0.3) is 0 Å². The van der Waals surface area contributed by atoms with E-state index in [1.807, 2.05) is 0 Å². The minimum absolute atomic E-state index is 0.0742. The monoisotopic (exact) mass is 390 g/mol. The van der Waals surface area contributed by atoms with E-state index in [-0.39, 0.29) is 23.9 Å². The Balaban J connectivity index is 1.40. The van der Waals surface area contributed by atoms with Gasteiger partial charge in [0, 0.05) is 32.7 Å². The Morgan fingerprint density at radius 2 is 1.96 bits per heavy atom. The summed E-state index contributed by atoms with van der Waals surface area (Å²) in [7, 11) is 0. The molecule has 1 N–H and O–H groups in total. The summed E-state index contributed by atoms with van der Waals surface area (Å²) in [6.07, 6.45) is 4.35. The van der Waals surface area contributed by atoms with E-state index >= 15 is 0 Å². The van der Waals surface area contributed by atoms with E-state index in [2.05, 4.69) is 10.5 Å². The number of benzene rings is 1. The molecule has 7 heteroatoms. The van der Waals surface area contributed by atoms with E-state index in [0.717, 1.165) is 30.7 Å². The van der Waals surface area contributed by atoms with Crippen LogP contribution < -0.4 is 5.32 Å². The van der Waals surface area contributed by atoms with Crippen molar-refractivity contribution in [2.45, 2.75) is 50.7 Å². The van der Waals surface area contributed by atoms with Crippen molar-refractivity contribution in [2.75, 3.05) is 26.4 Å². The van der Waals surface area contributed by atoms with Crippen LogP contribution in [-0.4, -0.2) is 50.2 Å². The smallest absolute Gasteiger partial charge is 0.226 e. The molecule has 28 heavy (non-hydrogen) atoms. The molecule has 0 radical (unpaired) electrons. The Morgan fingerprint density at radius 3 is 2.68 bits per heavy atom. The normalized spacial score (nSPS) is 27.0. The average Bonchev–Trinajstić information content (AvgIpc) is 3.18. The zero-order valence-electron chi connectivity index (χ0n) is 16.0. The summed E-state index contributed by atoms with van der Waals surface area (Å²) >= 11 is 0. The number of ether oxygens (including phenoxy) is 2. The number of amides is 1. The second-order valence-corrected chi connectivity index (χ2v) is 7.96. The van der Waals surface area contributed by atoms with Crippen molar-refractivity contribution in [3.63, 3.8) is 0 Å². The van der Waals surface area contributed by atoms with Crippen LogP contribution in [0.5, 0.6) is 0 Å². The SMILES string of the molecule is O=C(N[C@@H]1CCCOC1)C1(C[C@@H]2CC(c3ccc(F)cc3)=NO2)CCOCC1. The largest absolute Gasteiger partial charge is 0.392 e. The topological polar surface area (TPSA) is 69.2 Å². The predicted molar refractivity (Wildman–Crippen MR) is 102 cm³/mol. The fraction of sp³-hybridized carbons (Fsp3) is 0.619. The molecular formula is C21H27FN2O4. The van der Waals surface area contributed by atoms with Crippen LogP contribution in [0.2, 0.25) is 0 Å². The minimum Gasteiger partial charge on any atom is -0.392 e. The second kappa shape index (κ2) is 8.57. The molecule has 0 unspecified atom stereocenters. The third-order valence-electron chi connectivity index (χ3n) is 5.96. The van der Waals surface area contributed by atoms with Crippen molar-refractivity contribution in [1.82, 2.24) is 5.32 Å². The molecular weight excluding hydrogens is 363 g/mol. The lowest BCUT2D eigenvalue weighted by Crippen LogP contribution is -2.51. The van der Waals surface area contributed by atoms with Gasteiger partial charge in [0.25, 0.3) is 0 Å². The maximum absolute atomic E-state index is 13.2. The van der Waals surface area contributed by atoms with Crippen molar-refractivity contribution in [2.24, 2.45) is 10.6 Å². The molecule has 4 rings (SSSR count). The zero-order chi connectivity index (χ0) is 19.4. The molecule has 3 heterocycles. The molecule has 0 saturated carbocycles. The number of carbonyl (C=O) groups is 1. The highest BCUT2D eigenvalue weighted by Crippen LogP contribution is 2.39. The Bertz CT molecular complexity index is 710. The molecule has 0 spiro atoms. The average molecular weight is 390 g/mol.